The van der Waals surface area contributed by atoms with Crippen LogP contribution in [0.15, 0.2) is 53.0 Å². The number of nitrogens with zero attached hydrogens (tertiary/aromatic N) is 1. The third-order valence-electron chi connectivity index (χ3n) is 3.36. The van der Waals surface area contributed by atoms with Gasteiger partial charge in [0.05, 0.1) is 0 Å². The zero-order valence-corrected chi connectivity index (χ0v) is 13.6. The molecule has 0 bridgehead atoms. The Kier molecular flexibility index (Phi) is 6.23. The van der Waals surface area contributed by atoms with Crippen molar-refractivity contribution in [2.75, 3.05) is 13.1 Å². The second kappa shape index (κ2) is 8.17. The Bertz CT molecular complexity index is 560. The van der Waals surface area contributed by atoms with Crippen LogP contribution in [0, 0.1) is 0 Å². The molecule has 0 saturated carbocycles. The van der Waals surface area contributed by atoms with Gasteiger partial charge in [-0.1, -0.05) is 46.3 Å². The summed E-state index contributed by atoms with van der Waals surface area (Å²) in [6, 6.07) is 15.9. The van der Waals surface area contributed by atoms with E-state index < -0.39 is 0 Å². The Morgan fingerprint density at radius 2 is 1.81 bits per heavy atom. The maximum atomic E-state index is 10.0. The molecule has 2 aromatic rings. The van der Waals surface area contributed by atoms with Crippen molar-refractivity contribution in [3.8, 4) is 5.75 Å². The lowest BCUT2D eigenvalue weighted by Crippen LogP contribution is -2.25. The van der Waals surface area contributed by atoms with Crippen LogP contribution in [-0.4, -0.2) is 23.1 Å². The molecule has 0 unspecified atom stereocenters. The number of nitrogens with two attached hydrogens (primary N) is 1. The lowest BCUT2D eigenvalue weighted by atomic mass is 10.1. The van der Waals surface area contributed by atoms with E-state index in [0.717, 1.165) is 29.5 Å². The Balaban J connectivity index is 2.10. The van der Waals surface area contributed by atoms with Gasteiger partial charge < -0.3 is 10.8 Å². The van der Waals surface area contributed by atoms with Crippen LogP contribution >= 0.6 is 15.9 Å². The fraction of sp³-hybridized carbons (Fsp3) is 0.294. The van der Waals surface area contributed by atoms with E-state index in [4.69, 9.17) is 5.73 Å². The highest BCUT2D eigenvalue weighted by Gasteiger charge is 2.10. The number of hydrogen-bond donors (Lipinski definition) is 2. The smallest absolute Gasteiger partial charge is 0.120 e. The summed E-state index contributed by atoms with van der Waals surface area (Å²) < 4.78 is 0.980. The summed E-state index contributed by atoms with van der Waals surface area (Å²) in [5.41, 5.74) is 7.83. The number of rotatable bonds is 7. The molecule has 0 saturated heterocycles. The minimum absolute atomic E-state index is 0.337. The number of halogens is 1. The maximum Gasteiger partial charge on any atom is 0.120 e. The highest BCUT2D eigenvalue weighted by molar-refractivity contribution is 9.10. The largest absolute Gasteiger partial charge is 0.508 e. The van der Waals surface area contributed by atoms with Crippen LogP contribution in [0.4, 0.5) is 0 Å². The molecule has 3 N–H and O–H groups in total. The second-order valence-electron chi connectivity index (χ2n) is 5.11. The third-order valence-corrected chi connectivity index (χ3v) is 3.86. The predicted octanol–water partition coefficient (Wildman–Crippen LogP) is 3.51. The molecule has 112 valence electrons. The molecule has 0 aliphatic carbocycles. The van der Waals surface area contributed by atoms with Crippen molar-refractivity contribution in [1.29, 1.82) is 0 Å². The summed E-state index contributed by atoms with van der Waals surface area (Å²) in [4.78, 5) is 2.31. The van der Waals surface area contributed by atoms with Crippen LogP contribution in [0.2, 0.25) is 0 Å². The van der Waals surface area contributed by atoms with Gasteiger partial charge >= 0.3 is 0 Å². The summed E-state index contributed by atoms with van der Waals surface area (Å²) in [6.45, 7) is 3.15. The number of aromatic hydroxyl groups is 1. The zero-order valence-electron chi connectivity index (χ0n) is 12.0. The standard InChI is InChI=1S/C17H21BrN2O/c18-16-7-8-17(21)15(11-16)13-20(10-4-9-19)12-14-5-2-1-3-6-14/h1-3,5-8,11,21H,4,9-10,12-13,19H2. The maximum absolute atomic E-state index is 10.0. The number of phenols is 1. The molecule has 21 heavy (non-hydrogen) atoms. The van der Waals surface area contributed by atoms with Crippen molar-refractivity contribution >= 4 is 15.9 Å². The van der Waals surface area contributed by atoms with E-state index in [1.165, 1.54) is 5.56 Å². The van der Waals surface area contributed by atoms with Crippen molar-refractivity contribution in [1.82, 2.24) is 4.90 Å². The first-order valence-corrected chi connectivity index (χ1v) is 7.92. The molecule has 3 nitrogen and oxygen atoms in total. The molecule has 0 atom stereocenters. The van der Waals surface area contributed by atoms with E-state index >= 15 is 0 Å². The fourth-order valence-corrected chi connectivity index (χ4v) is 2.70. The highest BCUT2D eigenvalue weighted by atomic mass is 79.9. The average Bonchev–Trinajstić information content (AvgIpc) is 2.49. The summed E-state index contributed by atoms with van der Waals surface area (Å²) in [7, 11) is 0. The molecule has 0 aliphatic rings. The molecular weight excluding hydrogens is 328 g/mol. The van der Waals surface area contributed by atoms with E-state index in [1.807, 2.05) is 30.3 Å². The van der Waals surface area contributed by atoms with Gasteiger partial charge in [0, 0.05) is 29.7 Å². The number of benzene rings is 2. The molecule has 0 aliphatic heterocycles. The normalized spacial score (nSPS) is 11.0. The first-order valence-electron chi connectivity index (χ1n) is 7.13. The monoisotopic (exact) mass is 348 g/mol. The van der Waals surface area contributed by atoms with Gasteiger partial charge in [0.1, 0.15) is 5.75 Å². The molecule has 4 heteroatoms. The van der Waals surface area contributed by atoms with Crippen molar-refractivity contribution in [2.24, 2.45) is 5.73 Å². The molecule has 0 fully saturated rings. The SMILES string of the molecule is NCCCN(Cc1ccccc1)Cc1cc(Br)ccc1O. The molecule has 0 radical (unpaired) electrons. The molecule has 0 heterocycles. The first kappa shape index (κ1) is 16.0. The van der Waals surface area contributed by atoms with Crippen molar-refractivity contribution in [3.63, 3.8) is 0 Å². The summed E-state index contributed by atoms with van der Waals surface area (Å²) in [5.74, 6) is 0.337. The Labute approximate surface area is 134 Å². The van der Waals surface area contributed by atoms with Crippen LogP contribution in [0.5, 0.6) is 5.75 Å². The Morgan fingerprint density at radius 1 is 1.05 bits per heavy atom. The van der Waals surface area contributed by atoms with E-state index in [9.17, 15) is 5.11 Å². The molecule has 2 rings (SSSR count). The quantitative estimate of drug-likeness (QED) is 0.804. The fourth-order valence-electron chi connectivity index (χ4n) is 2.29. The molecule has 0 spiro atoms. The van der Waals surface area contributed by atoms with Gasteiger partial charge in [-0.15, -0.1) is 0 Å². The van der Waals surface area contributed by atoms with Gasteiger partial charge in [0.25, 0.3) is 0 Å². The van der Waals surface area contributed by atoms with E-state index in [0.29, 0.717) is 18.8 Å². The molecule has 0 amide bonds. The summed E-state index contributed by atoms with van der Waals surface area (Å²) >= 11 is 3.46. The van der Waals surface area contributed by atoms with Crippen molar-refractivity contribution in [3.05, 3.63) is 64.1 Å². The topological polar surface area (TPSA) is 49.5 Å². The van der Waals surface area contributed by atoms with Gasteiger partial charge in [-0.05, 0) is 36.7 Å². The summed E-state index contributed by atoms with van der Waals surface area (Å²) in [6.07, 6.45) is 0.946. The molecular formula is C17H21BrN2O. The zero-order chi connectivity index (χ0) is 15.1. The highest BCUT2D eigenvalue weighted by Crippen LogP contribution is 2.24. The van der Waals surface area contributed by atoms with Gasteiger partial charge in [-0.3, -0.25) is 4.90 Å². The Hall–Kier alpha value is -1.36. The van der Waals surface area contributed by atoms with Crippen LogP contribution in [-0.2, 0) is 13.1 Å². The molecule has 0 aromatic heterocycles. The van der Waals surface area contributed by atoms with Crippen molar-refractivity contribution in [2.45, 2.75) is 19.5 Å². The Morgan fingerprint density at radius 3 is 2.52 bits per heavy atom. The predicted molar refractivity (Wildman–Crippen MR) is 90.0 cm³/mol. The van der Waals surface area contributed by atoms with Crippen LogP contribution < -0.4 is 5.73 Å². The van der Waals surface area contributed by atoms with Gasteiger partial charge in [-0.2, -0.15) is 0 Å². The van der Waals surface area contributed by atoms with Gasteiger partial charge in [0.15, 0.2) is 0 Å². The first-order chi connectivity index (χ1) is 10.2. The number of phenolic OH excluding ortho intramolecular Hbond substituents is 1. The average molecular weight is 349 g/mol. The summed E-state index contributed by atoms with van der Waals surface area (Å²) in [5, 5.41) is 10.0. The van der Waals surface area contributed by atoms with Crippen molar-refractivity contribution < 1.29 is 5.11 Å². The molecule has 2 aromatic carbocycles. The lowest BCUT2D eigenvalue weighted by molar-refractivity contribution is 0.251. The van der Waals surface area contributed by atoms with Crippen LogP contribution in [0.1, 0.15) is 17.5 Å². The van der Waals surface area contributed by atoms with Gasteiger partial charge in [-0.25, -0.2) is 0 Å². The van der Waals surface area contributed by atoms with E-state index in [1.54, 1.807) is 6.07 Å². The van der Waals surface area contributed by atoms with E-state index in [-0.39, 0.29) is 0 Å². The van der Waals surface area contributed by atoms with E-state index in [2.05, 4.69) is 33.0 Å². The van der Waals surface area contributed by atoms with Crippen LogP contribution in [0.3, 0.4) is 0 Å². The third kappa shape index (κ3) is 5.16. The number of hydrogen-bond acceptors (Lipinski definition) is 3. The second-order valence-corrected chi connectivity index (χ2v) is 6.03. The van der Waals surface area contributed by atoms with Crippen LogP contribution in [0.25, 0.3) is 0 Å². The minimum atomic E-state index is 0.337. The van der Waals surface area contributed by atoms with Gasteiger partial charge in [0.2, 0.25) is 0 Å². The minimum Gasteiger partial charge on any atom is -0.508 e. The lowest BCUT2D eigenvalue weighted by Gasteiger charge is -2.23.